The second-order valence-corrected chi connectivity index (χ2v) is 4.60. The van der Waals surface area contributed by atoms with Crippen molar-refractivity contribution in [3.05, 3.63) is 62.6 Å². The zero-order chi connectivity index (χ0) is 13.1. The number of rotatable bonds is 3. The Morgan fingerprint density at radius 1 is 1.22 bits per heavy atom. The van der Waals surface area contributed by atoms with E-state index >= 15 is 0 Å². The lowest BCUT2D eigenvalue weighted by molar-refractivity contribution is -0.385. The number of ether oxygens (including phenoxy) is 1. The van der Waals surface area contributed by atoms with Gasteiger partial charge >= 0.3 is 0 Å². The van der Waals surface area contributed by atoms with Crippen LogP contribution in [0.2, 0.25) is 0 Å². The SMILES string of the molecule is Cc1cc(Oc2ccccc2)c(Br)cc1[N+](=O)[O-]. The molecule has 0 fully saturated rings. The minimum Gasteiger partial charge on any atom is -0.456 e. The van der Waals surface area contributed by atoms with Crippen molar-refractivity contribution in [1.82, 2.24) is 0 Å². The number of halogens is 1. The first-order valence-corrected chi connectivity index (χ1v) is 6.04. The van der Waals surface area contributed by atoms with E-state index < -0.39 is 4.92 Å². The molecule has 92 valence electrons. The highest BCUT2D eigenvalue weighted by Gasteiger charge is 2.15. The Morgan fingerprint density at radius 3 is 2.50 bits per heavy atom. The highest BCUT2D eigenvalue weighted by molar-refractivity contribution is 9.10. The Morgan fingerprint density at radius 2 is 1.89 bits per heavy atom. The summed E-state index contributed by atoms with van der Waals surface area (Å²) < 4.78 is 6.21. The molecule has 0 saturated heterocycles. The first-order valence-electron chi connectivity index (χ1n) is 5.25. The van der Waals surface area contributed by atoms with Gasteiger partial charge in [0.05, 0.1) is 9.40 Å². The quantitative estimate of drug-likeness (QED) is 0.621. The molecule has 0 aromatic heterocycles. The van der Waals surface area contributed by atoms with Crippen molar-refractivity contribution in [3.63, 3.8) is 0 Å². The number of hydrogen-bond donors (Lipinski definition) is 0. The second kappa shape index (κ2) is 5.18. The third-order valence-electron chi connectivity index (χ3n) is 2.42. The minimum absolute atomic E-state index is 0.0716. The van der Waals surface area contributed by atoms with Crippen LogP contribution in [-0.4, -0.2) is 4.92 Å². The normalized spacial score (nSPS) is 10.1. The summed E-state index contributed by atoms with van der Waals surface area (Å²) in [6, 6.07) is 12.4. The number of nitro groups is 1. The smallest absolute Gasteiger partial charge is 0.273 e. The first-order chi connectivity index (χ1) is 8.58. The third kappa shape index (κ3) is 2.68. The number of aryl methyl sites for hydroxylation is 1. The molecule has 4 nitrogen and oxygen atoms in total. The van der Waals surface area contributed by atoms with Gasteiger partial charge in [-0.2, -0.15) is 0 Å². The fourth-order valence-electron chi connectivity index (χ4n) is 1.53. The molecule has 0 bridgehead atoms. The van der Waals surface area contributed by atoms with Crippen molar-refractivity contribution >= 4 is 21.6 Å². The molecule has 0 aliphatic carbocycles. The molecule has 0 N–H and O–H groups in total. The molecule has 2 rings (SSSR count). The van der Waals surface area contributed by atoms with Gasteiger partial charge in [-0.1, -0.05) is 18.2 Å². The number of nitro benzene ring substituents is 1. The zero-order valence-electron chi connectivity index (χ0n) is 9.59. The van der Waals surface area contributed by atoms with Gasteiger partial charge in [0, 0.05) is 11.6 Å². The van der Waals surface area contributed by atoms with E-state index in [1.165, 1.54) is 6.07 Å². The van der Waals surface area contributed by atoms with E-state index in [1.54, 1.807) is 13.0 Å². The van der Waals surface area contributed by atoms with E-state index in [9.17, 15) is 10.1 Å². The Balaban J connectivity index is 2.35. The molecule has 2 aromatic carbocycles. The maximum Gasteiger partial charge on any atom is 0.273 e. The molecule has 0 unspecified atom stereocenters. The standard InChI is InChI=1S/C13H10BrNO3/c1-9-7-13(11(14)8-12(9)15(16)17)18-10-5-3-2-4-6-10/h2-8H,1H3. The van der Waals surface area contributed by atoms with E-state index in [-0.39, 0.29) is 5.69 Å². The molecule has 5 heteroatoms. The lowest BCUT2D eigenvalue weighted by Gasteiger charge is -2.08. The van der Waals surface area contributed by atoms with Crippen LogP contribution in [0.25, 0.3) is 0 Å². The average Bonchev–Trinajstić information content (AvgIpc) is 2.34. The summed E-state index contributed by atoms with van der Waals surface area (Å²) >= 11 is 3.28. The molecule has 0 aliphatic rings. The van der Waals surface area contributed by atoms with Crippen LogP contribution in [0.5, 0.6) is 11.5 Å². The Hall–Kier alpha value is -1.88. The van der Waals surface area contributed by atoms with Crippen molar-refractivity contribution in [2.75, 3.05) is 0 Å². The summed E-state index contributed by atoms with van der Waals surface area (Å²) in [7, 11) is 0. The molecule has 0 amide bonds. The molecule has 18 heavy (non-hydrogen) atoms. The largest absolute Gasteiger partial charge is 0.456 e. The van der Waals surface area contributed by atoms with Gasteiger partial charge in [0.1, 0.15) is 11.5 Å². The summed E-state index contributed by atoms with van der Waals surface area (Å²) in [5.74, 6) is 1.25. The summed E-state index contributed by atoms with van der Waals surface area (Å²) in [5.41, 5.74) is 0.636. The monoisotopic (exact) mass is 307 g/mol. The zero-order valence-corrected chi connectivity index (χ0v) is 11.2. The van der Waals surface area contributed by atoms with E-state index in [1.807, 2.05) is 30.3 Å². The van der Waals surface area contributed by atoms with Gasteiger partial charge in [-0.3, -0.25) is 10.1 Å². The topological polar surface area (TPSA) is 52.4 Å². The predicted octanol–water partition coefficient (Wildman–Crippen LogP) is 4.46. The van der Waals surface area contributed by atoms with E-state index in [0.717, 1.165) is 0 Å². The van der Waals surface area contributed by atoms with Crippen molar-refractivity contribution < 1.29 is 9.66 Å². The summed E-state index contributed by atoms with van der Waals surface area (Å²) in [5, 5.41) is 10.8. The van der Waals surface area contributed by atoms with Crippen LogP contribution in [0, 0.1) is 17.0 Å². The second-order valence-electron chi connectivity index (χ2n) is 3.74. The van der Waals surface area contributed by atoms with Crippen LogP contribution in [0.4, 0.5) is 5.69 Å². The highest BCUT2D eigenvalue weighted by atomic mass is 79.9. The molecule has 0 saturated carbocycles. The number of hydrogen-bond acceptors (Lipinski definition) is 3. The van der Waals surface area contributed by atoms with Crippen LogP contribution < -0.4 is 4.74 Å². The van der Waals surface area contributed by atoms with Crippen molar-refractivity contribution in [1.29, 1.82) is 0 Å². The number of nitrogens with zero attached hydrogens (tertiary/aromatic N) is 1. The fourth-order valence-corrected chi connectivity index (χ4v) is 1.95. The summed E-state index contributed by atoms with van der Waals surface area (Å²) in [4.78, 5) is 10.4. The van der Waals surface area contributed by atoms with Gasteiger partial charge < -0.3 is 4.74 Å². The molecule has 0 spiro atoms. The highest BCUT2D eigenvalue weighted by Crippen LogP contribution is 2.34. The first kappa shape index (κ1) is 12.6. The maximum absolute atomic E-state index is 10.8. The number of benzene rings is 2. The van der Waals surface area contributed by atoms with E-state index in [4.69, 9.17) is 4.74 Å². The molecule has 0 heterocycles. The molecular weight excluding hydrogens is 298 g/mol. The van der Waals surface area contributed by atoms with E-state index in [2.05, 4.69) is 15.9 Å². The predicted molar refractivity (Wildman–Crippen MR) is 72.0 cm³/mol. The van der Waals surface area contributed by atoms with E-state index in [0.29, 0.717) is 21.5 Å². The van der Waals surface area contributed by atoms with Crippen LogP contribution in [-0.2, 0) is 0 Å². The van der Waals surface area contributed by atoms with Crippen LogP contribution in [0.3, 0.4) is 0 Å². The Labute approximate surface area is 112 Å². The van der Waals surface area contributed by atoms with Gasteiger partial charge in [-0.15, -0.1) is 0 Å². The van der Waals surface area contributed by atoms with Crippen molar-refractivity contribution in [3.8, 4) is 11.5 Å². The Kier molecular flexibility index (Phi) is 3.62. The van der Waals surface area contributed by atoms with Crippen LogP contribution in [0.1, 0.15) is 5.56 Å². The molecule has 0 aliphatic heterocycles. The molecule has 0 radical (unpaired) electrons. The summed E-state index contributed by atoms with van der Waals surface area (Å²) in [6.45, 7) is 1.68. The van der Waals surface area contributed by atoms with Gasteiger partial charge in [0.2, 0.25) is 0 Å². The van der Waals surface area contributed by atoms with Gasteiger partial charge in [0.25, 0.3) is 5.69 Å². The summed E-state index contributed by atoms with van der Waals surface area (Å²) in [6.07, 6.45) is 0. The minimum atomic E-state index is -0.410. The van der Waals surface area contributed by atoms with Gasteiger partial charge in [-0.25, -0.2) is 0 Å². The fraction of sp³-hybridized carbons (Fsp3) is 0.0769. The van der Waals surface area contributed by atoms with Crippen LogP contribution in [0.15, 0.2) is 46.9 Å². The third-order valence-corrected chi connectivity index (χ3v) is 3.04. The maximum atomic E-state index is 10.8. The number of para-hydroxylation sites is 1. The van der Waals surface area contributed by atoms with Gasteiger partial charge in [0.15, 0.2) is 0 Å². The lowest BCUT2D eigenvalue weighted by atomic mass is 10.2. The average molecular weight is 308 g/mol. The molecule has 2 aromatic rings. The molecular formula is C13H10BrNO3. The molecule has 0 atom stereocenters. The van der Waals surface area contributed by atoms with Crippen LogP contribution >= 0.6 is 15.9 Å². The van der Waals surface area contributed by atoms with Crippen molar-refractivity contribution in [2.24, 2.45) is 0 Å². The van der Waals surface area contributed by atoms with Gasteiger partial charge in [-0.05, 0) is 41.1 Å². The lowest BCUT2D eigenvalue weighted by Crippen LogP contribution is -1.93. The Bertz CT molecular complexity index is 584. The van der Waals surface area contributed by atoms with Crippen molar-refractivity contribution in [2.45, 2.75) is 6.92 Å².